The fraction of sp³-hybridized carbons (Fsp3) is 0.350. The van der Waals surface area contributed by atoms with Crippen LogP contribution in [0.2, 0.25) is 0 Å². The van der Waals surface area contributed by atoms with E-state index in [2.05, 4.69) is 15.3 Å². The molecule has 0 spiro atoms. The van der Waals surface area contributed by atoms with Crippen molar-refractivity contribution in [3.05, 3.63) is 59.7 Å². The van der Waals surface area contributed by atoms with Crippen molar-refractivity contribution in [1.29, 1.82) is 0 Å². The lowest BCUT2D eigenvalue weighted by molar-refractivity contribution is -0.122. The van der Waals surface area contributed by atoms with E-state index >= 15 is 0 Å². The first-order chi connectivity index (χ1) is 13.4. The molecule has 1 aliphatic carbocycles. The maximum atomic E-state index is 12.6. The molecule has 0 atom stereocenters. The number of nitrogens with zero attached hydrogens (tertiary/aromatic N) is 3. The third kappa shape index (κ3) is 4.70. The predicted molar refractivity (Wildman–Crippen MR) is 102 cm³/mol. The van der Waals surface area contributed by atoms with E-state index in [9.17, 15) is 14.4 Å². The van der Waals surface area contributed by atoms with E-state index in [0.29, 0.717) is 36.8 Å². The van der Waals surface area contributed by atoms with E-state index in [-0.39, 0.29) is 23.9 Å². The molecule has 146 valence electrons. The van der Waals surface area contributed by atoms with Gasteiger partial charge in [0.05, 0.1) is 0 Å². The first-order valence-electron chi connectivity index (χ1n) is 9.14. The molecule has 8 nitrogen and oxygen atoms in total. The Kier molecular flexibility index (Phi) is 5.98. The van der Waals surface area contributed by atoms with Gasteiger partial charge in [0.2, 0.25) is 11.8 Å². The van der Waals surface area contributed by atoms with Crippen LogP contribution in [0.25, 0.3) is 0 Å². The molecule has 3 N–H and O–H groups in total. The molecule has 0 unspecified atom stereocenters. The van der Waals surface area contributed by atoms with Gasteiger partial charge in [-0.2, -0.15) is 0 Å². The summed E-state index contributed by atoms with van der Waals surface area (Å²) >= 11 is 0. The second-order valence-electron chi connectivity index (χ2n) is 7.00. The van der Waals surface area contributed by atoms with Crippen LogP contribution in [0.3, 0.4) is 0 Å². The maximum absolute atomic E-state index is 12.6. The molecule has 1 fully saturated rings. The highest BCUT2D eigenvalue weighted by Crippen LogP contribution is 2.26. The van der Waals surface area contributed by atoms with Crippen LogP contribution in [0.5, 0.6) is 0 Å². The number of nitrogens with one attached hydrogen (secondary N) is 1. The minimum absolute atomic E-state index is 0.0181. The molecule has 0 radical (unpaired) electrons. The first kappa shape index (κ1) is 19.5. The summed E-state index contributed by atoms with van der Waals surface area (Å²) in [5.74, 6) is -0.747. The quantitative estimate of drug-likeness (QED) is 0.740. The monoisotopic (exact) mass is 381 g/mol. The number of hydrogen-bond donors (Lipinski definition) is 2. The van der Waals surface area contributed by atoms with Crippen molar-refractivity contribution < 1.29 is 14.4 Å². The van der Waals surface area contributed by atoms with Gasteiger partial charge in [0.1, 0.15) is 6.33 Å². The van der Waals surface area contributed by atoms with Gasteiger partial charge in [-0.15, -0.1) is 0 Å². The highest BCUT2D eigenvalue weighted by Gasteiger charge is 2.35. The molecular formula is C20H23N5O3. The fourth-order valence-electron chi connectivity index (χ4n) is 3.21. The minimum Gasteiger partial charge on any atom is -0.366 e. The molecule has 1 saturated carbocycles. The highest BCUT2D eigenvalue weighted by molar-refractivity contribution is 5.99. The number of aromatic nitrogens is 2. The number of amides is 3. The van der Waals surface area contributed by atoms with Gasteiger partial charge in [0, 0.05) is 49.1 Å². The van der Waals surface area contributed by atoms with Crippen LogP contribution >= 0.6 is 0 Å². The molecule has 1 aromatic heterocycles. The zero-order chi connectivity index (χ0) is 20.1. The fourth-order valence-corrected chi connectivity index (χ4v) is 3.21. The lowest BCUT2D eigenvalue weighted by atomic mass is 9.85. The van der Waals surface area contributed by atoms with Crippen molar-refractivity contribution in [3.63, 3.8) is 0 Å². The van der Waals surface area contributed by atoms with Gasteiger partial charge >= 0.3 is 0 Å². The molecular weight excluding hydrogens is 358 g/mol. The summed E-state index contributed by atoms with van der Waals surface area (Å²) in [6.45, 7) is 0. The Hall–Kier alpha value is -3.29. The molecule has 1 aliphatic rings. The zero-order valence-corrected chi connectivity index (χ0v) is 15.7. The van der Waals surface area contributed by atoms with E-state index < -0.39 is 5.91 Å². The van der Waals surface area contributed by atoms with Crippen molar-refractivity contribution in [2.45, 2.75) is 37.8 Å². The van der Waals surface area contributed by atoms with Gasteiger partial charge in [-0.1, -0.05) is 6.07 Å². The van der Waals surface area contributed by atoms with Crippen LogP contribution in [-0.2, 0) is 11.2 Å². The number of aryl methyl sites for hydroxylation is 1. The third-order valence-electron chi connectivity index (χ3n) is 5.00. The summed E-state index contributed by atoms with van der Waals surface area (Å²) in [5.41, 5.74) is 6.93. The van der Waals surface area contributed by atoms with Crippen LogP contribution in [0.1, 0.15) is 45.5 Å². The Balaban J connectivity index is 1.45. The van der Waals surface area contributed by atoms with Crippen molar-refractivity contribution >= 4 is 17.7 Å². The molecule has 1 aromatic carbocycles. The topological polar surface area (TPSA) is 118 Å². The molecule has 3 rings (SSSR count). The molecule has 2 aromatic rings. The molecule has 1 heterocycles. The van der Waals surface area contributed by atoms with Crippen molar-refractivity contribution in [1.82, 2.24) is 20.2 Å². The summed E-state index contributed by atoms with van der Waals surface area (Å²) in [5, 5.41) is 3.00. The lowest BCUT2D eigenvalue weighted by Gasteiger charge is -2.41. The number of carbonyl (C=O) groups is 3. The van der Waals surface area contributed by atoms with E-state index in [1.54, 1.807) is 42.5 Å². The van der Waals surface area contributed by atoms with Crippen molar-refractivity contribution in [3.8, 4) is 0 Å². The summed E-state index contributed by atoms with van der Waals surface area (Å²) in [6.07, 6.45) is 7.25. The van der Waals surface area contributed by atoms with E-state index in [0.717, 1.165) is 5.56 Å². The van der Waals surface area contributed by atoms with Gasteiger partial charge in [-0.3, -0.25) is 14.4 Å². The van der Waals surface area contributed by atoms with Crippen molar-refractivity contribution in [2.75, 3.05) is 7.05 Å². The molecule has 0 bridgehead atoms. The molecule has 0 aliphatic heterocycles. The number of nitrogens with two attached hydrogens (primary N) is 1. The molecule has 3 amide bonds. The normalized spacial score (nSPS) is 18.0. The van der Waals surface area contributed by atoms with Crippen LogP contribution < -0.4 is 11.1 Å². The predicted octanol–water partition coefficient (Wildman–Crippen LogP) is 0.927. The number of hydrogen-bond acceptors (Lipinski definition) is 5. The summed E-state index contributed by atoms with van der Waals surface area (Å²) in [4.78, 5) is 45.5. The van der Waals surface area contributed by atoms with E-state index in [1.807, 2.05) is 0 Å². The highest BCUT2D eigenvalue weighted by atomic mass is 16.2. The number of carbonyl (C=O) groups excluding carboxylic acids is 3. The van der Waals surface area contributed by atoms with E-state index in [1.165, 1.54) is 12.4 Å². The Morgan fingerprint density at radius 3 is 2.54 bits per heavy atom. The number of benzene rings is 1. The second-order valence-corrected chi connectivity index (χ2v) is 7.00. The van der Waals surface area contributed by atoms with Crippen LogP contribution in [-0.4, -0.2) is 51.7 Å². The largest absolute Gasteiger partial charge is 0.366 e. The van der Waals surface area contributed by atoms with Crippen LogP contribution in [0, 0.1) is 0 Å². The smallest absolute Gasteiger partial charge is 0.253 e. The van der Waals surface area contributed by atoms with Crippen LogP contribution in [0.4, 0.5) is 0 Å². The second kappa shape index (κ2) is 8.60. The van der Waals surface area contributed by atoms with E-state index in [4.69, 9.17) is 5.73 Å². The minimum atomic E-state index is -0.564. The summed E-state index contributed by atoms with van der Waals surface area (Å²) in [7, 11) is 1.73. The molecule has 28 heavy (non-hydrogen) atoms. The number of rotatable bonds is 7. The third-order valence-corrected chi connectivity index (χ3v) is 5.00. The van der Waals surface area contributed by atoms with Gasteiger partial charge < -0.3 is 16.0 Å². The van der Waals surface area contributed by atoms with Gasteiger partial charge in [0.15, 0.2) is 0 Å². The molecule has 8 heteroatoms. The Bertz CT molecular complexity index is 865. The number of primary amides is 1. The Labute approximate surface area is 163 Å². The van der Waals surface area contributed by atoms with Crippen LogP contribution in [0.15, 0.2) is 43.0 Å². The maximum Gasteiger partial charge on any atom is 0.253 e. The zero-order valence-electron chi connectivity index (χ0n) is 15.7. The average Bonchev–Trinajstić information content (AvgIpc) is 2.68. The SMILES string of the molecule is CN(C(=O)c1cccc(C(N)=O)c1)C1CC(NC(=O)CCc2cncnc2)C1. The van der Waals surface area contributed by atoms with Crippen molar-refractivity contribution in [2.24, 2.45) is 5.73 Å². The molecule has 0 saturated heterocycles. The standard InChI is InChI=1S/C20H23N5O3/c1-25(20(28)15-4-2-3-14(7-15)19(21)27)17-8-16(9-17)24-18(26)6-5-13-10-22-12-23-11-13/h2-4,7,10-12,16-17H,5-6,8-9H2,1H3,(H2,21,27)(H,24,26). The summed E-state index contributed by atoms with van der Waals surface area (Å²) in [6, 6.07) is 6.51. The van der Waals surface area contributed by atoms with Gasteiger partial charge in [-0.05, 0) is 43.0 Å². The Morgan fingerprint density at radius 1 is 1.18 bits per heavy atom. The van der Waals surface area contributed by atoms with Gasteiger partial charge in [0.25, 0.3) is 5.91 Å². The first-order valence-corrected chi connectivity index (χ1v) is 9.14. The summed E-state index contributed by atoms with van der Waals surface area (Å²) < 4.78 is 0. The lowest BCUT2D eigenvalue weighted by Crippen LogP contribution is -2.54. The van der Waals surface area contributed by atoms with Gasteiger partial charge in [-0.25, -0.2) is 9.97 Å². The average molecular weight is 381 g/mol. The Morgan fingerprint density at radius 2 is 1.86 bits per heavy atom.